The first-order chi connectivity index (χ1) is 7.61. The van der Waals surface area contributed by atoms with Crippen LogP contribution in [-0.2, 0) is 11.2 Å². The minimum atomic E-state index is 0.177. The summed E-state index contributed by atoms with van der Waals surface area (Å²) >= 11 is 5.92. The fraction of sp³-hybridized carbons (Fsp3) is 0.538. The molecule has 0 saturated carbocycles. The van der Waals surface area contributed by atoms with Crippen LogP contribution < -0.4 is 5.73 Å². The van der Waals surface area contributed by atoms with E-state index in [1.807, 2.05) is 18.2 Å². The third kappa shape index (κ3) is 4.97. The summed E-state index contributed by atoms with van der Waals surface area (Å²) in [6.45, 7) is 2.06. The molecule has 16 heavy (non-hydrogen) atoms. The Bertz CT molecular complexity index is 317. The van der Waals surface area contributed by atoms with Crippen LogP contribution in [0.1, 0.15) is 25.3 Å². The first-order valence-electron chi connectivity index (χ1n) is 5.64. The van der Waals surface area contributed by atoms with Crippen molar-refractivity contribution in [1.82, 2.24) is 0 Å². The average Bonchev–Trinajstić information content (AvgIpc) is 2.26. The molecule has 0 bridgehead atoms. The SMILES string of the molecule is COC(C)CCC(N)Cc1cccc(Cl)c1. The van der Waals surface area contributed by atoms with Crippen LogP contribution in [-0.4, -0.2) is 19.3 Å². The van der Waals surface area contributed by atoms with Crippen LogP contribution in [0.3, 0.4) is 0 Å². The lowest BCUT2D eigenvalue weighted by atomic mass is 10.0. The van der Waals surface area contributed by atoms with Gasteiger partial charge in [-0.25, -0.2) is 0 Å². The summed E-state index contributed by atoms with van der Waals surface area (Å²) in [6, 6.07) is 8.05. The molecule has 1 rings (SSSR count). The molecule has 0 radical (unpaired) electrons. The summed E-state index contributed by atoms with van der Waals surface area (Å²) in [6.07, 6.45) is 3.13. The Morgan fingerprint density at radius 2 is 2.12 bits per heavy atom. The first kappa shape index (κ1) is 13.5. The Morgan fingerprint density at radius 3 is 2.75 bits per heavy atom. The van der Waals surface area contributed by atoms with Crippen molar-refractivity contribution in [3.8, 4) is 0 Å². The van der Waals surface area contributed by atoms with Crippen molar-refractivity contribution in [2.24, 2.45) is 5.73 Å². The summed E-state index contributed by atoms with van der Waals surface area (Å²) < 4.78 is 5.19. The van der Waals surface area contributed by atoms with E-state index in [9.17, 15) is 0 Å². The van der Waals surface area contributed by atoms with Gasteiger partial charge >= 0.3 is 0 Å². The fourth-order valence-electron chi connectivity index (χ4n) is 1.64. The largest absolute Gasteiger partial charge is 0.382 e. The molecule has 0 aliphatic carbocycles. The van der Waals surface area contributed by atoms with Gasteiger partial charge in [-0.3, -0.25) is 0 Å². The molecule has 0 fully saturated rings. The van der Waals surface area contributed by atoms with Gasteiger partial charge < -0.3 is 10.5 Å². The Labute approximate surface area is 103 Å². The Hall–Kier alpha value is -0.570. The van der Waals surface area contributed by atoms with Crippen LogP contribution in [0.25, 0.3) is 0 Å². The standard InChI is InChI=1S/C13H20ClNO/c1-10(16-2)6-7-13(15)9-11-4-3-5-12(14)8-11/h3-5,8,10,13H,6-7,9,15H2,1-2H3. The second kappa shape index (κ2) is 6.89. The molecule has 0 heterocycles. The summed E-state index contributed by atoms with van der Waals surface area (Å²) in [4.78, 5) is 0. The van der Waals surface area contributed by atoms with Crippen LogP contribution in [0.2, 0.25) is 5.02 Å². The van der Waals surface area contributed by atoms with Crippen molar-refractivity contribution in [1.29, 1.82) is 0 Å². The van der Waals surface area contributed by atoms with Gasteiger partial charge in [0.25, 0.3) is 0 Å². The highest BCUT2D eigenvalue weighted by atomic mass is 35.5. The first-order valence-corrected chi connectivity index (χ1v) is 6.02. The predicted molar refractivity (Wildman–Crippen MR) is 68.8 cm³/mol. The molecule has 2 atom stereocenters. The number of hydrogen-bond acceptors (Lipinski definition) is 2. The highest BCUT2D eigenvalue weighted by molar-refractivity contribution is 6.30. The van der Waals surface area contributed by atoms with Gasteiger partial charge in [0.15, 0.2) is 0 Å². The molecule has 1 aromatic carbocycles. The van der Waals surface area contributed by atoms with Gasteiger partial charge in [0.1, 0.15) is 0 Å². The Balaban J connectivity index is 2.36. The van der Waals surface area contributed by atoms with Crippen molar-refractivity contribution in [3.05, 3.63) is 34.9 Å². The zero-order chi connectivity index (χ0) is 12.0. The molecular weight excluding hydrogens is 222 g/mol. The summed E-state index contributed by atoms with van der Waals surface area (Å²) in [7, 11) is 1.73. The number of ether oxygens (including phenoxy) is 1. The van der Waals surface area contributed by atoms with E-state index in [4.69, 9.17) is 22.1 Å². The molecule has 0 saturated heterocycles. The second-order valence-electron chi connectivity index (χ2n) is 4.22. The molecule has 90 valence electrons. The highest BCUT2D eigenvalue weighted by Gasteiger charge is 2.07. The minimum Gasteiger partial charge on any atom is -0.382 e. The van der Waals surface area contributed by atoms with Crippen molar-refractivity contribution in [3.63, 3.8) is 0 Å². The molecule has 0 aliphatic rings. The highest BCUT2D eigenvalue weighted by Crippen LogP contribution is 2.13. The number of hydrogen-bond donors (Lipinski definition) is 1. The van der Waals surface area contributed by atoms with Gasteiger partial charge in [-0.1, -0.05) is 23.7 Å². The molecule has 0 aliphatic heterocycles. The maximum atomic E-state index is 6.06. The van der Waals surface area contributed by atoms with E-state index in [2.05, 4.69) is 13.0 Å². The van der Waals surface area contributed by atoms with Crippen LogP contribution in [0.4, 0.5) is 0 Å². The van der Waals surface area contributed by atoms with E-state index in [-0.39, 0.29) is 12.1 Å². The molecule has 0 spiro atoms. The van der Waals surface area contributed by atoms with E-state index in [1.165, 1.54) is 5.56 Å². The number of methoxy groups -OCH3 is 1. The fourth-order valence-corrected chi connectivity index (χ4v) is 1.85. The van der Waals surface area contributed by atoms with Gasteiger partial charge in [0.2, 0.25) is 0 Å². The number of rotatable bonds is 6. The predicted octanol–water partition coefficient (Wildman–Crippen LogP) is 3.02. The summed E-state index contributed by atoms with van der Waals surface area (Å²) in [5.41, 5.74) is 7.26. The molecule has 0 aromatic heterocycles. The van der Waals surface area contributed by atoms with E-state index in [0.717, 1.165) is 24.3 Å². The van der Waals surface area contributed by atoms with Crippen molar-refractivity contribution in [2.45, 2.75) is 38.3 Å². The molecule has 2 N–H and O–H groups in total. The third-order valence-electron chi connectivity index (χ3n) is 2.73. The van der Waals surface area contributed by atoms with E-state index >= 15 is 0 Å². The van der Waals surface area contributed by atoms with Gasteiger partial charge in [0.05, 0.1) is 6.10 Å². The van der Waals surface area contributed by atoms with E-state index < -0.39 is 0 Å². The number of halogens is 1. The quantitative estimate of drug-likeness (QED) is 0.831. The lowest BCUT2D eigenvalue weighted by Gasteiger charge is -2.14. The molecule has 0 amide bonds. The van der Waals surface area contributed by atoms with Crippen LogP contribution >= 0.6 is 11.6 Å². The van der Waals surface area contributed by atoms with Crippen molar-refractivity contribution in [2.75, 3.05) is 7.11 Å². The maximum absolute atomic E-state index is 6.06. The zero-order valence-corrected chi connectivity index (χ0v) is 10.7. The Kier molecular flexibility index (Phi) is 5.81. The third-order valence-corrected chi connectivity index (χ3v) is 2.97. The monoisotopic (exact) mass is 241 g/mol. The van der Waals surface area contributed by atoms with Gasteiger partial charge in [-0.15, -0.1) is 0 Å². The summed E-state index contributed by atoms with van der Waals surface area (Å²) in [5, 5.41) is 0.773. The van der Waals surface area contributed by atoms with Crippen LogP contribution in [0.15, 0.2) is 24.3 Å². The van der Waals surface area contributed by atoms with Crippen LogP contribution in [0, 0.1) is 0 Å². The van der Waals surface area contributed by atoms with Crippen molar-refractivity contribution < 1.29 is 4.74 Å². The van der Waals surface area contributed by atoms with E-state index in [0.29, 0.717) is 0 Å². The lowest BCUT2D eigenvalue weighted by Crippen LogP contribution is -2.24. The smallest absolute Gasteiger partial charge is 0.0543 e. The minimum absolute atomic E-state index is 0.177. The lowest BCUT2D eigenvalue weighted by molar-refractivity contribution is 0.107. The van der Waals surface area contributed by atoms with Crippen molar-refractivity contribution >= 4 is 11.6 Å². The van der Waals surface area contributed by atoms with E-state index in [1.54, 1.807) is 7.11 Å². The zero-order valence-electron chi connectivity index (χ0n) is 9.95. The topological polar surface area (TPSA) is 35.2 Å². The molecule has 2 unspecified atom stereocenters. The number of nitrogens with two attached hydrogens (primary N) is 1. The summed E-state index contributed by atoms with van der Waals surface area (Å²) in [5.74, 6) is 0. The molecule has 1 aromatic rings. The second-order valence-corrected chi connectivity index (χ2v) is 4.65. The van der Waals surface area contributed by atoms with Crippen LogP contribution in [0.5, 0.6) is 0 Å². The van der Waals surface area contributed by atoms with Gasteiger partial charge in [0, 0.05) is 18.2 Å². The van der Waals surface area contributed by atoms with Gasteiger partial charge in [-0.2, -0.15) is 0 Å². The maximum Gasteiger partial charge on any atom is 0.0543 e. The number of benzene rings is 1. The molecule has 3 heteroatoms. The normalized spacial score (nSPS) is 14.8. The molecular formula is C13H20ClNO. The van der Waals surface area contributed by atoms with Gasteiger partial charge in [-0.05, 0) is 43.9 Å². The molecule has 2 nitrogen and oxygen atoms in total. The Morgan fingerprint density at radius 1 is 1.38 bits per heavy atom. The average molecular weight is 242 g/mol.